The zero-order valence-corrected chi connectivity index (χ0v) is 15.2. The summed E-state index contributed by atoms with van der Waals surface area (Å²) < 4.78 is 39.9. The molecule has 0 aliphatic heterocycles. The van der Waals surface area contributed by atoms with Gasteiger partial charge in [-0.15, -0.1) is 11.3 Å². The van der Waals surface area contributed by atoms with Crippen LogP contribution in [0.15, 0.2) is 46.7 Å². The van der Waals surface area contributed by atoms with Crippen LogP contribution < -0.4 is 10.9 Å². The van der Waals surface area contributed by atoms with Crippen LogP contribution in [0.3, 0.4) is 0 Å². The average molecular weight is 395 g/mol. The molecule has 0 unspecified atom stereocenters. The van der Waals surface area contributed by atoms with E-state index in [1.807, 2.05) is 0 Å². The number of hydrogen-bond acceptors (Lipinski definition) is 6. The Balaban J connectivity index is 1.81. The van der Waals surface area contributed by atoms with Gasteiger partial charge in [-0.1, -0.05) is 12.1 Å². The van der Waals surface area contributed by atoms with Crippen molar-refractivity contribution in [3.05, 3.63) is 63.8 Å². The molecule has 26 heavy (non-hydrogen) atoms. The summed E-state index contributed by atoms with van der Waals surface area (Å²) in [5.74, 6) is -2.09. The van der Waals surface area contributed by atoms with Crippen LogP contribution in [-0.2, 0) is 20.4 Å². The van der Waals surface area contributed by atoms with Crippen LogP contribution in [0.2, 0.25) is 0 Å². The highest BCUT2D eigenvalue weighted by Gasteiger charge is 2.29. The lowest BCUT2D eigenvalue weighted by molar-refractivity contribution is -0.115. The molecule has 0 fully saturated rings. The molecule has 3 aromatic rings. The third kappa shape index (κ3) is 3.65. The number of anilines is 1. The van der Waals surface area contributed by atoms with Gasteiger partial charge in [0.2, 0.25) is 5.91 Å². The van der Waals surface area contributed by atoms with Crippen LogP contribution >= 0.6 is 11.3 Å². The van der Waals surface area contributed by atoms with E-state index in [1.54, 1.807) is 5.38 Å². The first-order chi connectivity index (χ1) is 12.3. The highest BCUT2D eigenvalue weighted by molar-refractivity contribution is 7.92. The topological polar surface area (TPSA) is 97.6 Å². The number of amides is 1. The molecule has 1 amide bonds. The quantitative estimate of drug-likeness (QED) is 0.711. The van der Waals surface area contributed by atoms with Crippen LogP contribution in [0.1, 0.15) is 12.6 Å². The highest BCUT2D eigenvalue weighted by Crippen LogP contribution is 2.16. The number of halogens is 1. The molecule has 3 rings (SSSR count). The average Bonchev–Trinajstić information content (AvgIpc) is 3.04. The van der Waals surface area contributed by atoms with Gasteiger partial charge in [0.15, 0.2) is 14.8 Å². The van der Waals surface area contributed by atoms with E-state index < -0.39 is 38.1 Å². The maximum Gasteiger partial charge on any atom is 0.258 e. The summed E-state index contributed by atoms with van der Waals surface area (Å²) in [5, 5.41) is 2.48. The molecule has 1 aromatic carbocycles. The Morgan fingerprint density at radius 1 is 1.38 bits per heavy atom. The van der Waals surface area contributed by atoms with Gasteiger partial charge in [0, 0.05) is 17.6 Å². The fourth-order valence-electron chi connectivity index (χ4n) is 2.25. The summed E-state index contributed by atoms with van der Waals surface area (Å²) in [6, 6.07) is 6.59. The normalized spacial score (nSPS) is 12.8. The second-order valence-electron chi connectivity index (χ2n) is 5.56. The predicted molar refractivity (Wildman–Crippen MR) is 96.5 cm³/mol. The Morgan fingerprint density at radius 2 is 2.12 bits per heavy atom. The molecule has 7 nitrogen and oxygen atoms in total. The fraction of sp³-hybridized carbons (Fsp3) is 0.188. The summed E-state index contributed by atoms with van der Waals surface area (Å²) >= 11 is 1.20. The zero-order chi connectivity index (χ0) is 18.9. The molecular formula is C16H14FN3O4S2. The minimum absolute atomic E-state index is 0.0583. The molecule has 0 aliphatic rings. The molecule has 136 valence electrons. The van der Waals surface area contributed by atoms with Gasteiger partial charge >= 0.3 is 0 Å². The number of rotatable bonds is 5. The van der Waals surface area contributed by atoms with Crippen LogP contribution in [0.5, 0.6) is 0 Å². The van der Waals surface area contributed by atoms with E-state index in [0.717, 1.165) is 12.1 Å². The number of para-hydroxylation sites is 1. The van der Waals surface area contributed by atoms with Crippen molar-refractivity contribution in [2.24, 2.45) is 0 Å². The standard InChI is InChI=1S/C16H14FN3O4S2/c1-10(15(22)19-13-5-3-2-4-12(13)17)26(23,24)9-11-8-14(21)20-6-7-25-16(20)18-11/h2-8,10H,9H2,1H3,(H,19,22)/t10-/m1/s1. The summed E-state index contributed by atoms with van der Waals surface area (Å²) in [4.78, 5) is 28.6. The van der Waals surface area contributed by atoms with E-state index in [2.05, 4.69) is 10.3 Å². The van der Waals surface area contributed by atoms with Crippen LogP contribution in [0.4, 0.5) is 10.1 Å². The molecule has 0 saturated carbocycles. The van der Waals surface area contributed by atoms with Crippen LogP contribution in [-0.4, -0.2) is 29.0 Å². The second-order valence-corrected chi connectivity index (χ2v) is 8.75. The number of benzene rings is 1. The van der Waals surface area contributed by atoms with E-state index in [9.17, 15) is 22.4 Å². The lowest BCUT2D eigenvalue weighted by Gasteiger charge is -2.13. The van der Waals surface area contributed by atoms with Crippen LogP contribution in [0.25, 0.3) is 4.96 Å². The van der Waals surface area contributed by atoms with Gasteiger partial charge in [-0.3, -0.25) is 14.0 Å². The maximum atomic E-state index is 13.6. The molecule has 0 radical (unpaired) electrons. The zero-order valence-electron chi connectivity index (χ0n) is 13.5. The number of carbonyl (C=O) groups is 1. The molecule has 10 heteroatoms. The number of aromatic nitrogens is 2. The summed E-state index contributed by atoms with van der Waals surface area (Å²) in [7, 11) is -3.95. The largest absolute Gasteiger partial charge is 0.322 e. The predicted octanol–water partition coefficient (Wildman–Crippen LogP) is 1.84. The smallest absolute Gasteiger partial charge is 0.258 e. The molecule has 2 aromatic heterocycles. The SMILES string of the molecule is C[C@H](C(=O)Nc1ccccc1F)S(=O)(=O)Cc1cc(=O)n2ccsc2n1. The molecule has 0 saturated heterocycles. The summed E-state index contributed by atoms with van der Waals surface area (Å²) in [5.41, 5.74) is -0.441. The minimum Gasteiger partial charge on any atom is -0.322 e. The van der Waals surface area contributed by atoms with Gasteiger partial charge in [-0.05, 0) is 19.1 Å². The number of nitrogens with zero attached hydrogens (tertiary/aromatic N) is 2. The van der Waals surface area contributed by atoms with E-state index >= 15 is 0 Å². The molecule has 2 heterocycles. The number of sulfone groups is 1. The monoisotopic (exact) mass is 395 g/mol. The molecule has 0 aliphatic carbocycles. The third-order valence-corrected chi connectivity index (χ3v) is 6.49. The van der Waals surface area contributed by atoms with Gasteiger partial charge in [-0.2, -0.15) is 0 Å². The van der Waals surface area contributed by atoms with Gasteiger partial charge in [0.1, 0.15) is 11.1 Å². The van der Waals surface area contributed by atoms with Crippen molar-refractivity contribution < 1.29 is 17.6 Å². The lowest BCUT2D eigenvalue weighted by atomic mass is 10.3. The number of hydrogen-bond donors (Lipinski definition) is 1. The van der Waals surface area contributed by atoms with Gasteiger partial charge in [0.25, 0.3) is 5.56 Å². The number of thiazole rings is 1. The Kier molecular flexibility index (Phi) is 4.88. The highest BCUT2D eigenvalue weighted by atomic mass is 32.2. The van der Waals surface area contributed by atoms with Crippen molar-refractivity contribution in [3.8, 4) is 0 Å². The Hall–Kier alpha value is -2.59. The Labute approximate surface area is 152 Å². The number of carbonyl (C=O) groups excluding carboxylic acids is 1. The van der Waals surface area contributed by atoms with Crippen molar-refractivity contribution in [3.63, 3.8) is 0 Å². The van der Waals surface area contributed by atoms with E-state index in [0.29, 0.717) is 4.96 Å². The van der Waals surface area contributed by atoms with Gasteiger partial charge in [0.05, 0.1) is 17.1 Å². The van der Waals surface area contributed by atoms with Crippen molar-refractivity contribution in [1.82, 2.24) is 9.38 Å². The Bertz CT molecular complexity index is 1140. The van der Waals surface area contributed by atoms with E-state index in [-0.39, 0.29) is 11.4 Å². The van der Waals surface area contributed by atoms with Crippen molar-refractivity contribution in [2.45, 2.75) is 17.9 Å². The van der Waals surface area contributed by atoms with Gasteiger partial charge in [-0.25, -0.2) is 17.8 Å². The van der Waals surface area contributed by atoms with E-state index in [1.165, 1.54) is 47.1 Å². The minimum atomic E-state index is -3.95. The van der Waals surface area contributed by atoms with Crippen molar-refractivity contribution in [1.29, 1.82) is 0 Å². The van der Waals surface area contributed by atoms with E-state index in [4.69, 9.17) is 0 Å². The number of nitrogens with one attached hydrogen (secondary N) is 1. The summed E-state index contributed by atoms with van der Waals surface area (Å²) in [6.07, 6.45) is 1.54. The van der Waals surface area contributed by atoms with Crippen molar-refractivity contribution in [2.75, 3.05) is 5.32 Å². The van der Waals surface area contributed by atoms with Gasteiger partial charge < -0.3 is 5.32 Å². The third-order valence-electron chi connectivity index (χ3n) is 3.74. The first kappa shape index (κ1) is 18.2. The molecule has 1 N–H and O–H groups in total. The fourth-order valence-corrected chi connectivity index (χ4v) is 4.19. The molecule has 0 bridgehead atoms. The molecule has 1 atom stereocenters. The molecular weight excluding hydrogens is 381 g/mol. The molecule has 0 spiro atoms. The first-order valence-corrected chi connectivity index (χ1v) is 10.1. The second kappa shape index (κ2) is 6.96. The van der Waals surface area contributed by atoms with Crippen molar-refractivity contribution >= 4 is 37.7 Å². The Morgan fingerprint density at radius 3 is 2.85 bits per heavy atom. The number of fused-ring (bicyclic) bond motifs is 1. The lowest BCUT2D eigenvalue weighted by Crippen LogP contribution is -2.34. The maximum absolute atomic E-state index is 13.6. The first-order valence-electron chi connectivity index (χ1n) is 7.51. The van der Waals surface area contributed by atoms with Crippen LogP contribution in [0, 0.1) is 5.82 Å². The summed E-state index contributed by atoms with van der Waals surface area (Å²) in [6.45, 7) is 1.21.